The Kier molecular flexibility index (Phi) is 5.62. The normalized spacial score (nSPS) is 10.7. The number of hydrogen-bond acceptors (Lipinski definition) is 6. The van der Waals surface area contributed by atoms with Gasteiger partial charge in [0, 0.05) is 22.6 Å². The first-order valence-electron chi connectivity index (χ1n) is 9.68. The number of rotatable bonds is 7. The zero-order chi connectivity index (χ0) is 22.0. The highest BCUT2D eigenvalue weighted by Crippen LogP contribution is 2.47. The molecule has 0 aliphatic carbocycles. The van der Waals surface area contributed by atoms with Crippen LogP contribution in [0.3, 0.4) is 0 Å². The maximum absolute atomic E-state index is 6.33. The van der Waals surface area contributed by atoms with Gasteiger partial charge in [0.05, 0.1) is 35.5 Å². The molecule has 0 spiro atoms. The Hall–Kier alpha value is -3.80. The SMILES string of the molecule is COc1ccc(-c2oc3cc(OC)ccc3c2-c2cc(OC)c(OC)c(OC)c2)cc1. The van der Waals surface area contributed by atoms with E-state index in [1.807, 2.05) is 54.6 Å². The molecule has 0 saturated carbocycles. The Bertz CT molecular complexity index is 1180. The number of ether oxygens (including phenoxy) is 5. The summed E-state index contributed by atoms with van der Waals surface area (Å²) in [5.74, 6) is 3.89. The average molecular weight is 420 g/mol. The highest BCUT2D eigenvalue weighted by atomic mass is 16.5. The van der Waals surface area contributed by atoms with Crippen LogP contribution in [0, 0.1) is 0 Å². The van der Waals surface area contributed by atoms with Gasteiger partial charge >= 0.3 is 0 Å². The molecule has 4 aromatic rings. The lowest BCUT2D eigenvalue weighted by atomic mass is 9.97. The largest absolute Gasteiger partial charge is 0.497 e. The van der Waals surface area contributed by atoms with Crippen LogP contribution in [0.1, 0.15) is 0 Å². The summed E-state index contributed by atoms with van der Waals surface area (Å²) in [6.07, 6.45) is 0. The molecule has 4 rings (SSSR count). The summed E-state index contributed by atoms with van der Waals surface area (Å²) in [7, 11) is 8.06. The molecule has 0 atom stereocenters. The van der Waals surface area contributed by atoms with Crippen molar-refractivity contribution in [3.63, 3.8) is 0 Å². The lowest BCUT2D eigenvalue weighted by molar-refractivity contribution is 0.324. The van der Waals surface area contributed by atoms with Crippen molar-refractivity contribution in [2.75, 3.05) is 35.5 Å². The predicted octanol–water partition coefficient (Wildman–Crippen LogP) is 5.81. The monoisotopic (exact) mass is 420 g/mol. The van der Waals surface area contributed by atoms with Crippen molar-refractivity contribution in [1.82, 2.24) is 0 Å². The van der Waals surface area contributed by atoms with Crippen LogP contribution >= 0.6 is 0 Å². The van der Waals surface area contributed by atoms with E-state index in [1.54, 1.807) is 35.5 Å². The number of fused-ring (bicyclic) bond motifs is 1. The molecular formula is C25H24O6. The predicted molar refractivity (Wildman–Crippen MR) is 120 cm³/mol. The maximum atomic E-state index is 6.33. The molecule has 160 valence electrons. The molecule has 3 aromatic carbocycles. The average Bonchev–Trinajstić information content (AvgIpc) is 3.21. The van der Waals surface area contributed by atoms with Gasteiger partial charge in [0.15, 0.2) is 11.5 Å². The fraction of sp³-hybridized carbons (Fsp3) is 0.200. The number of benzene rings is 3. The van der Waals surface area contributed by atoms with Crippen molar-refractivity contribution < 1.29 is 28.1 Å². The molecule has 1 heterocycles. The molecule has 0 unspecified atom stereocenters. The third-order valence-electron chi connectivity index (χ3n) is 5.20. The molecule has 0 bridgehead atoms. The van der Waals surface area contributed by atoms with Crippen LogP contribution in [0.4, 0.5) is 0 Å². The Morgan fingerprint density at radius 1 is 0.581 bits per heavy atom. The van der Waals surface area contributed by atoms with Gasteiger partial charge in [-0.05, 0) is 54.1 Å². The van der Waals surface area contributed by atoms with Crippen molar-refractivity contribution in [2.24, 2.45) is 0 Å². The van der Waals surface area contributed by atoms with E-state index >= 15 is 0 Å². The third kappa shape index (κ3) is 3.61. The minimum absolute atomic E-state index is 0.536. The molecule has 1 aromatic heterocycles. The molecule has 0 amide bonds. The molecular weight excluding hydrogens is 396 g/mol. The molecule has 31 heavy (non-hydrogen) atoms. The van der Waals surface area contributed by atoms with Crippen LogP contribution in [0.5, 0.6) is 28.7 Å². The summed E-state index contributed by atoms with van der Waals surface area (Å²) in [6, 6.07) is 17.4. The minimum atomic E-state index is 0.536. The van der Waals surface area contributed by atoms with Crippen LogP contribution in [-0.4, -0.2) is 35.5 Å². The van der Waals surface area contributed by atoms with Crippen LogP contribution in [0.2, 0.25) is 0 Å². The fourth-order valence-electron chi connectivity index (χ4n) is 3.66. The van der Waals surface area contributed by atoms with Gasteiger partial charge in [-0.2, -0.15) is 0 Å². The van der Waals surface area contributed by atoms with Gasteiger partial charge in [0.25, 0.3) is 0 Å². The Morgan fingerprint density at radius 3 is 1.74 bits per heavy atom. The second-order valence-electron chi connectivity index (χ2n) is 6.81. The molecule has 6 nitrogen and oxygen atoms in total. The Morgan fingerprint density at radius 2 is 1.19 bits per heavy atom. The van der Waals surface area contributed by atoms with E-state index in [0.717, 1.165) is 39.3 Å². The van der Waals surface area contributed by atoms with E-state index in [0.29, 0.717) is 22.8 Å². The Balaban J connectivity index is 2.01. The summed E-state index contributed by atoms with van der Waals surface area (Å²) in [5, 5.41) is 0.945. The van der Waals surface area contributed by atoms with Gasteiger partial charge in [0.1, 0.15) is 22.8 Å². The fourth-order valence-corrected chi connectivity index (χ4v) is 3.66. The summed E-state index contributed by atoms with van der Waals surface area (Å²) in [5.41, 5.74) is 3.43. The molecule has 0 radical (unpaired) electrons. The van der Waals surface area contributed by atoms with Gasteiger partial charge in [-0.15, -0.1) is 0 Å². The van der Waals surface area contributed by atoms with E-state index in [4.69, 9.17) is 28.1 Å². The second-order valence-corrected chi connectivity index (χ2v) is 6.81. The molecule has 6 heteroatoms. The van der Waals surface area contributed by atoms with Crippen molar-refractivity contribution in [3.05, 3.63) is 54.6 Å². The molecule has 0 aliphatic heterocycles. The first-order chi connectivity index (χ1) is 15.1. The summed E-state index contributed by atoms with van der Waals surface area (Å²) in [4.78, 5) is 0. The van der Waals surface area contributed by atoms with E-state index in [2.05, 4.69) is 0 Å². The minimum Gasteiger partial charge on any atom is -0.497 e. The smallest absolute Gasteiger partial charge is 0.203 e. The standard InChI is InChI=1S/C25H24O6/c1-26-17-8-6-15(7-9-17)24-23(19-11-10-18(27-2)14-20(19)31-24)16-12-21(28-3)25(30-5)22(13-16)29-4/h6-14H,1-5H3. The zero-order valence-corrected chi connectivity index (χ0v) is 18.1. The van der Waals surface area contributed by atoms with Crippen LogP contribution in [0.15, 0.2) is 59.0 Å². The first-order valence-corrected chi connectivity index (χ1v) is 9.68. The number of furan rings is 1. The van der Waals surface area contributed by atoms with Crippen LogP contribution < -0.4 is 23.7 Å². The second kappa shape index (κ2) is 8.52. The van der Waals surface area contributed by atoms with Gasteiger partial charge in [-0.25, -0.2) is 0 Å². The van der Waals surface area contributed by atoms with E-state index in [9.17, 15) is 0 Å². The lowest BCUT2D eigenvalue weighted by Crippen LogP contribution is -1.96. The highest BCUT2D eigenvalue weighted by Gasteiger charge is 2.22. The molecule has 0 fully saturated rings. The quantitative estimate of drug-likeness (QED) is 0.376. The van der Waals surface area contributed by atoms with Gasteiger partial charge < -0.3 is 28.1 Å². The molecule has 0 saturated heterocycles. The molecule has 0 N–H and O–H groups in total. The first kappa shape index (κ1) is 20.5. The van der Waals surface area contributed by atoms with Gasteiger partial charge in [-0.3, -0.25) is 0 Å². The van der Waals surface area contributed by atoms with Gasteiger partial charge in [-0.1, -0.05) is 0 Å². The number of methoxy groups -OCH3 is 5. The van der Waals surface area contributed by atoms with E-state index in [-0.39, 0.29) is 0 Å². The van der Waals surface area contributed by atoms with E-state index < -0.39 is 0 Å². The maximum Gasteiger partial charge on any atom is 0.203 e. The zero-order valence-electron chi connectivity index (χ0n) is 18.1. The van der Waals surface area contributed by atoms with Crippen molar-refractivity contribution >= 4 is 11.0 Å². The summed E-state index contributed by atoms with van der Waals surface area (Å²) >= 11 is 0. The summed E-state index contributed by atoms with van der Waals surface area (Å²) in [6.45, 7) is 0. The lowest BCUT2D eigenvalue weighted by Gasteiger charge is -2.14. The van der Waals surface area contributed by atoms with E-state index in [1.165, 1.54) is 0 Å². The summed E-state index contributed by atoms with van der Waals surface area (Å²) < 4.78 is 33.6. The van der Waals surface area contributed by atoms with Crippen molar-refractivity contribution in [3.8, 4) is 51.2 Å². The van der Waals surface area contributed by atoms with Crippen molar-refractivity contribution in [2.45, 2.75) is 0 Å². The van der Waals surface area contributed by atoms with Crippen LogP contribution in [0.25, 0.3) is 33.4 Å². The Labute approximate surface area is 180 Å². The topological polar surface area (TPSA) is 59.3 Å². The highest BCUT2D eigenvalue weighted by molar-refractivity contribution is 6.02. The third-order valence-corrected chi connectivity index (χ3v) is 5.20. The van der Waals surface area contributed by atoms with Crippen molar-refractivity contribution in [1.29, 1.82) is 0 Å². The van der Waals surface area contributed by atoms with Crippen LogP contribution in [-0.2, 0) is 0 Å². The molecule has 0 aliphatic rings. The van der Waals surface area contributed by atoms with Gasteiger partial charge in [0.2, 0.25) is 5.75 Å². The number of hydrogen-bond donors (Lipinski definition) is 0.